The Hall–Kier alpha value is -1.84. The molecule has 2 rings (SSSR count). The normalized spacial score (nSPS) is 15.7. The molecule has 150 valence electrons. The number of nitrogens with one attached hydrogen (secondary N) is 3. The molecule has 0 bridgehead atoms. The molecule has 0 saturated carbocycles. The maximum Gasteiger partial charge on any atom is 0.254 e. The molecule has 2 amide bonds. The predicted molar refractivity (Wildman–Crippen MR) is 118 cm³/mol. The average Bonchev–Trinajstić information content (AvgIpc) is 2.64. The molecule has 3 N–H and O–H groups in total. The molecule has 1 aromatic carbocycles. The first-order valence-electron chi connectivity index (χ1n) is 9.02. The SMILES string of the molecule is CN=C(NCc1ccc(C(=O)N2CCNC(=O)C2)cc1)NC(C)C(C)C.I. The summed E-state index contributed by atoms with van der Waals surface area (Å²) in [4.78, 5) is 29.7. The summed E-state index contributed by atoms with van der Waals surface area (Å²) in [5.41, 5.74) is 1.65. The number of rotatable bonds is 5. The van der Waals surface area contributed by atoms with E-state index in [9.17, 15) is 9.59 Å². The monoisotopic (exact) mass is 487 g/mol. The van der Waals surface area contributed by atoms with Crippen LogP contribution in [0.4, 0.5) is 0 Å². The number of hydrogen-bond acceptors (Lipinski definition) is 3. The van der Waals surface area contributed by atoms with Crippen LogP contribution in [-0.2, 0) is 11.3 Å². The largest absolute Gasteiger partial charge is 0.354 e. The van der Waals surface area contributed by atoms with Crippen molar-refractivity contribution >= 4 is 41.8 Å². The molecule has 1 fully saturated rings. The molecule has 0 radical (unpaired) electrons. The third kappa shape index (κ3) is 7.00. The van der Waals surface area contributed by atoms with E-state index in [1.807, 2.05) is 12.1 Å². The van der Waals surface area contributed by atoms with Crippen molar-refractivity contribution in [2.45, 2.75) is 33.4 Å². The zero-order valence-corrected chi connectivity index (χ0v) is 18.7. The Morgan fingerprint density at radius 2 is 1.93 bits per heavy atom. The number of nitrogens with zero attached hydrogens (tertiary/aromatic N) is 2. The van der Waals surface area contributed by atoms with Crippen LogP contribution in [0.5, 0.6) is 0 Å². The number of amides is 2. The second-order valence-corrected chi connectivity index (χ2v) is 6.88. The molecular weight excluding hydrogens is 457 g/mol. The lowest BCUT2D eigenvalue weighted by Crippen LogP contribution is -2.49. The van der Waals surface area contributed by atoms with E-state index in [2.05, 4.69) is 41.7 Å². The van der Waals surface area contributed by atoms with Crippen LogP contribution in [0.2, 0.25) is 0 Å². The van der Waals surface area contributed by atoms with Crippen molar-refractivity contribution in [3.8, 4) is 0 Å². The van der Waals surface area contributed by atoms with Crippen LogP contribution in [0.3, 0.4) is 0 Å². The summed E-state index contributed by atoms with van der Waals surface area (Å²) < 4.78 is 0. The molecule has 1 aromatic rings. The fourth-order valence-electron chi connectivity index (χ4n) is 2.52. The minimum atomic E-state index is -0.111. The molecule has 8 heteroatoms. The summed E-state index contributed by atoms with van der Waals surface area (Å²) in [7, 11) is 1.75. The van der Waals surface area contributed by atoms with E-state index in [4.69, 9.17) is 0 Å². The first kappa shape index (κ1) is 23.2. The summed E-state index contributed by atoms with van der Waals surface area (Å²) in [6.07, 6.45) is 0. The lowest BCUT2D eigenvalue weighted by Gasteiger charge is -2.26. The van der Waals surface area contributed by atoms with Crippen LogP contribution in [0.1, 0.15) is 36.7 Å². The Labute approximate surface area is 178 Å². The molecule has 0 aromatic heterocycles. The van der Waals surface area contributed by atoms with E-state index in [1.54, 1.807) is 24.1 Å². The molecule has 1 heterocycles. The van der Waals surface area contributed by atoms with Crippen LogP contribution in [0.15, 0.2) is 29.3 Å². The van der Waals surface area contributed by atoms with Gasteiger partial charge in [-0.3, -0.25) is 14.6 Å². The van der Waals surface area contributed by atoms with E-state index >= 15 is 0 Å². The quantitative estimate of drug-likeness (QED) is 0.335. The van der Waals surface area contributed by atoms with Crippen molar-refractivity contribution < 1.29 is 9.59 Å². The zero-order valence-electron chi connectivity index (χ0n) is 16.4. The number of aliphatic imine (C=N–C) groups is 1. The summed E-state index contributed by atoms with van der Waals surface area (Å²) in [6.45, 7) is 8.23. The van der Waals surface area contributed by atoms with E-state index in [0.29, 0.717) is 37.2 Å². The van der Waals surface area contributed by atoms with Crippen LogP contribution in [0, 0.1) is 5.92 Å². The Balaban J connectivity index is 0.00000364. The molecule has 7 nitrogen and oxygen atoms in total. The van der Waals surface area contributed by atoms with Gasteiger partial charge in [0.25, 0.3) is 5.91 Å². The summed E-state index contributed by atoms with van der Waals surface area (Å²) in [6, 6.07) is 7.77. The second-order valence-electron chi connectivity index (χ2n) is 6.88. The van der Waals surface area contributed by atoms with Crippen molar-refractivity contribution in [3.05, 3.63) is 35.4 Å². The highest BCUT2D eigenvalue weighted by atomic mass is 127. The smallest absolute Gasteiger partial charge is 0.254 e. The summed E-state index contributed by atoms with van der Waals surface area (Å²) >= 11 is 0. The molecule has 1 aliphatic heterocycles. The maximum absolute atomic E-state index is 12.5. The van der Waals surface area contributed by atoms with Crippen LogP contribution in [-0.4, -0.2) is 55.4 Å². The van der Waals surface area contributed by atoms with Crippen molar-refractivity contribution in [1.82, 2.24) is 20.9 Å². The van der Waals surface area contributed by atoms with Gasteiger partial charge in [0.15, 0.2) is 5.96 Å². The minimum Gasteiger partial charge on any atom is -0.354 e. The molecular formula is C19H30IN5O2. The Bertz CT molecular complexity index is 661. The second kappa shape index (κ2) is 11.1. The number of hydrogen-bond donors (Lipinski definition) is 3. The van der Waals surface area contributed by atoms with Gasteiger partial charge in [-0.25, -0.2) is 0 Å². The van der Waals surface area contributed by atoms with Crippen molar-refractivity contribution in [1.29, 1.82) is 0 Å². The van der Waals surface area contributed by atoms with Crippen LogP contribution >= 0.6 is 24.0 Å². The highest BCUT2D eigenvalue weighted by Gasteiger charge is 2.22. The van der Waals surface area contributed by atoms with Gasteiger partial charge >= 0.3 is 0 Å². The van der Waals surface area contributed by atoms with Gasteiger partial charge in [0.2, 0.25) is 5.91 Å². The van der Waals surface area contributed by atoms with Crippen LogP contribution in [0.25, 0.3) is 0 Å². The third-order valence-corrected chi connectivity index (χ3v) is 4.57. The highest BCUT2D eigenvalue weighted by Crippen LogP contribution is 2.09. The molecule has 0 spiro atoms. The molecule has 1 atom stereocenters. The first-order valence-corrected chi connectivity index (χ1v) is 9.02. The Kier molecular flexibility index (Phi) is 9.54. The minimum absolute atomic E-state index is 0. The van der Waals surface area contributed by atoms with Gasteiger partial charge in [-0.1, -0.05) is 26.0 Å². The van der Waals surface area contributed by atoms with Gasteiger partial charge in [-0.05, 0) is 30.5 Å². The number of guanidine groups is 1. The number of carbonyl (C=O) groups is 2. The highest BCUT2D eigenvalue weighted by molar-refractivity contribution is 14.0. The number of halogens is 1. The molecule has 27 heavy (non-hydrogen) atoms. The van der Waals surface area contributed by atoms with E-state index < -0.39 is 0 Å². The molecule has 0 aliphatic carbocycles. The number of benzene rings is 1. The van der Waals surface area contributed by atoms with E-state index in [-0.39, 0.29) is 42.3 Å². The standard InChI is InChI=1S/C19H29N5O2.HI/c1-13(2)14(3)23-19(20-4)22-11-15-5-7-16(8-6-15)18(26)24-10-9-21-17(25)12-24;/h5-8,13-14H,9-12H2,1-4H3,(H,21,25)(H2,20,22,23);1H. The molecule has 1 saturated heterocycles. The summed E-state index contributed by atoms with van der Waals surface area (Å²) in [5.74, 6) is 1.05. The van der Waals surface area contributed by atoms with Gasteiger partial charge in [-0.15, -0.1) is 24.0 Å². The van der Waals surface area contributed by atoms with Crippen molar-refractivity contribution in [2.75, 3.05) is 26.7 Å². The van der Waals surface area contributed by atoms with Crippen molar-refractivity contribution in [2.24, 2.45) is 10.9 Å². The first-order chi connectivity index (χ1) is 12.4. The third-order valence-electron chi connectivity index (χ3n) is 4.57. The van der Waals surface area contributed by atoms with Gasteiger partial charge in [0.1, 0.15) is 0 Å². The van der Waals surface area contributed by atoms with E-state index in [0.717, 1.165) is 11.5 Å². The Morgan fingerprint density at radius 3 is 2.48 bits per heavy atom. The number of carbonyl (C=O) groups excluding carboxylic acids is 2. The fraction of sp³-hybridized carbons (Fsp3) is 0.526. The van der Waals surface area contributed by atoms with Gasteiger partial charge in [0, 0.05) is 38.3 Å². The lowest BCUT2D eigenvalue weighted by atomic mass is 10.1. The van der Waals surface area contributed by atoms with Gasteiger partial charge < -0.3 is 20.9 Å². The van der Waals surface area contributed by atoms with Crippen LogP contribution < -0.4 is 16.0 Å². The van der Waals surface area contributed by atoms with Gasteiger partial charge in [0.05, 0.1) is 6.54 Å². The van der Waals surface area contributed by atoms with E-state index in [1.165, 1.54) is 0 Å². The molecule has 1 aliphatic rings. The zero-order chi connectivity index (χ0) is 19.1. The number of piperazine rings is 1. The summed E-state index contributed by atoms with van der Waals surface area (Å²) in [5, 5.41) is 9.36. The molecule has 1 unspecified atom stereocenters. The van der Waals surface area contributed by atoms with Crippen molar-refractivity contribution in [3.63, 3.8) is 0 Å². The Morgan fingerprint density at radius 1 is 1.26 bits per heavy atom. The predicted octanol–water partition coefficient (Wildman–Crippen LogP) is 1.59. The lowest BCUT2D eigenvalue weighted by molar-refractivity contribution is -0.123. The topological polar surface area (TPSA) is 85.8 Å². The van der Waals surface area contributed by atoms with Gasteiger partial charge in [-0.2, -0.15) is 0 Å². The maximum atomic E-state index is 12.5. The average molecular weight is 487 g/mol. The fourth-order valence-corrected chi connectivity index (χ4v) is 2.52.